The van der Waals surface area contributed by atoms with Crippen LogP contribution < -0.4 is 11.2 Å². The molecule has 0 atom stereocenters. The lowest BCUT2D eigenvalue weighted by atomic mass is 10.5. The monoisotopic (exact) mass is 285 g/mol. The minimum absolute atomic E-state index is 0.178. The van der Waals surface area contributed by atoms with Crippen LogP contribution in [0.2, 0.25) is 0 Å². The molecule has 0 radical (unpaired) electrons. The molecule has 12 nitrogen and oxygen atoms in total. The van der Waals surface area contributed by atoms with E-state index in [0.717, 1.165) is 0 Å². The quantitative estimate of drug-likeness (QED) is 0.392. The summed E-state index contributed by atoms with van der Waals surface area (Å²) in [4.78, 5) is 21.4. The summed E-state index contributed by atoms with van der Waals surface area (Å²) in [6.07, 6.45) is 4.04. The summed E-state index contributed by atoms with van der Waals surface area (Å²) in [6.45, 7) is 0. The number of hydrogen-bond donors (Lipinski definition) is 3. The fourth-order valence-electron chi connectivity index (χ4n) is 1.94. The van der Waals surface area contributed by atoms with Gasteiger partial charge in [0.05, 0.1) is 0 Å². The summed E-state index contributed by atoms with van der Waals surface area (Å²) >= 11 is 0. The van der Waals surface area contributed by atoms with E-state index in [-0.39, 0.29) is 11.6 Å². The Morgan fingerprint density at radius 3 is 2.67 bits per heavy atom. The van der Waals surface area contributed by atoms with Gasteiger partial charge in [0.2, 0.25) is 5.65 Å². The third-order valence-corrected chi connectivity index (χ3v) is 2.88. The average molecular weight is 285 g/mol. The topological polar surface area (TPSA) is 158 Å². The first-order chi connectivity index (χ1) is 10.3. The van der Waals surface area contributed by atoms with Crippen molar-refractivity contribution in [1.82, 2.24) is 44.7 Å². The van der Waals surface area contributed by atoms with Gasteiger partial charge < -0.3 is 5.73 Å². The van der Waals surface area contributed by atoms with E-state index < -0.39 is 0 Å². The minimum atomic E-state index is 0.178. The maximum atomic E-state index is 9.02. The van der Waals surface area contributed by atoms with Gasteiger partial charge in [0.15, 0.2) is 28.3 Å². The molecule has 0 bridgehead atoms. The molecule has 4 N–H and O–H groups in total. The Morgan fingerprint density at radius 1 is 1.00 bits per heavy atom. The zero-order valence-corrected chi connectivity index (χ0v) is 10.3. The molecule has 0 saturated carbocycles. The summed E-state index contributed by atoms with van der Waals surface area (Å²) in [5, 5.41) is 16.9. The summed E-state index contributed by atoms with van der Waals surface area (Å²) in [5.41, 5.74) is 9.22. The van der Waals surface area contributed by atoms with Crippen LogP contribution in [0.25, 0.3) is 22.3 Å². The molecule has 0 unspecified atom stereocenters. The minimum Gasteiger partial charge on any atom is -0.382 e. The van der Waals surface area contributed by atoms with E-state index in [1.54, 1.807) is 0 Å². The van der Waals surface area contributed by atoms with Crippen LogP contribution in [0.1, 0.15) is 0 Å². The van der Waals surface area contributed by atoms with Gasteiger partial charge in [-0.2, -0.15) is 4.68 Å². The lowest BCUT2D eigenvalue weighted by molar-refractivity contribution is 0.386. The Morgan fingerprint density at radius 2 is 1.81 bits per heavy atom. The Labute approximate surface area is 115 Å². The van der Waals surface area contributed by atoms with Gasteiger partial charge >= 0.3 is 0 Å². The number of nitrogens with one attached hydrogen (secondary N) is 1. The number of anilines is 2. The molecular weight excluding hydrogens is 278 g/mol. The van der Waals surface area contributed by atoms with Crippen molar-refractivity contribution in [1.29, 1.82) is 0 Å². The van der Waals surface area contributed by atoms with E-state index in [1.165, 1.54) is 28.4 Å². The second-order valence-corrected chi connectivity index (χ2v) is 4.01. The Bertz CT molecular complexity index is 957. The number of rotatable bonds is 2. The Balaban J connectivity index is 2.03. The largest absolute Gasteiger partial charge is 0.382 e. The van der Waals surface area contributed by atoms with Gasteiger partial charge in [-0.25, -0.2) is 24.9 Å². The Kier molecular flexibility index (Phi) is 2.20. The Hall–Kier alpha value is -3.41. The molecule has 4 rings (SSSR count). The van der Waals surface area contributed by atoms with Gasteiger partial charge in [-0.05, 0) is 5.21 Å². The predicted octanol–water partition coefficient (Wildman–Crippen LogP) is -0.944. The van der Waals surface area contributed by atoms with E-state index in [0.29, 0.717) is 22.3 Å². The molecule has 21 heavy (non-hydrogen) atoms. The molecule has 12 heteroatoms. The summed E-state index contributed by atoms with van der Waals surface area (Å²) in [5.74, 6) is 0.403. The first kappa shape index (κ1) is 11.4. The fourth-order valence-corrected chi connectivity index (χ4v) is 1.94. The van der Waals surface area contributed by atoms with Crippen molar-refractivity contribution in [3.8, 4) is 0 Å². The standard InChI is InChI=1S/C9H7N11O/c10-6-4-9(14-1-11-6)20(18-16-4)19-3-15-5-7(17-21)12-2-13-8(5)19/h1-3,21H,(H2,10,11,14)(H,12,13,17). The molecule has 4 heterocycles. The highest BCUT2D eigenvalue weighted by Gasteiger charge is 2.15. The molecule has 104 valence electrons. The number of nitrogens with two attached hydrogens (primary N) is 1. The van der Waals surface area contributed by atoms with Crippen LogP contribution in [0, 0.1) is 0 Å². The molecule has 0 aliphatic rings. The lowest BCUT2D eigenvalue weighted by Crippen LogP contribution is -2.11. The third-order valence-electron chi connectivity index (χ3n) is 2.88. The van der Waals surface area contributed by atoms with Gasteiger partial charge in [0, 0.05) is 0 Å². The summed E-state index contributed by atoms with van der Waals surface area (Å²) < 4.78 is 1.50. The van der Waals surface area contributed by atoms with Crippen molar-refractivity contribution in [2.24, 2.45) is 0 Å². The van der Waals surface area contributed by atoms with E-state index >= 15 is 0 Å². The van der Waals surface area contributed by atoms with Gasteiger partial charge in [0.1, 0.15) is 19.0 Å². The van der Waals surface area contributed by atoms with E-state index in [2.05, 4.69) is 35.2 Å². The predicted molar refractivity (Wildman–Crippen MR) is 69.1 cm³/mol. The van der Waals surface area contributed by atoms with E-state index in [1.807, 2.05) is 5.48 Å². The van der Waals surface area contributed by atoms with Gasteiger partial charge in [-0.1, -0.05) is 0 Å². The first-order valence-electron chi connectivity index (χ1n) is 5.70. The van der Waals surface area contributed by atoms with Crippen molar-refractivity contribution in [2.75, 3.05) is 11.2 Å². The number of aromatic nitrogens is 9. The molecule has 0 saturated heterocycles. The third kappa shape index (κ3) is 1.50. The molecule has 0 aromatic carbocycles. The van der Waals surface area contributed by atoms with Crippen molar-refractivity contribution in [2.45, 2.75) is 0 Å². The summed E-state index contributed by atoms with van der Waals surface area (Å²) in [6, 6.07) is 0. The molecule has 0 amide bonds. The number of nitrogen functional groups attached to an aromatic ring is 1. The van der Waals surface area contributed by atoms with Crippen molar-refractivity contribution < 1.29 is 5.21 Å². The first-order valence-corrected chi connectivity index (χ1v) is 5.70. The van der Waals surface area contributed by atoms with Crippen molar-refractivity contribution in [3.05, 3.63) is 19.0 Å². The zero-order valence-electron chi connectivity index (χ0n) is 10.3. The molecule has 4 aromatic rings. The van der Waals surface area contributed by atoms with E-state index in [4.69, 9.17) is 10.9 Å². The highest BCUT2D eigenvalue weighted by molar-refractivity contribution is 5.83. The van der Waals surface area contributed by atoms with Crippen LogP contribution in [-0.2, 0) is 0 Å². The molecule has 0 aliphatic heterocycles. The number of imidazole rings is 1. The van der Waals surface area contributed by atoms with Crippen LogP contribution in [0.15, 0.2) is 19.0 Å². The molecule has 4 aromatic heterocycles. The highest BCUT2D eigenvalue weighted by Crippen LogP contribution is 2.18. The maximum Gasteiger partial charge on any atom is 0.207 e. The smallest absolute Gasteiger partial charge is 0.207 e. The average Bonchev–Trinajstić information content (AvgIpc) is 3.11. The van der Waals surface area contributed by atoms with Crippen LogP contribution in [0.3, 0.4) is 0 Å². The van der Waals surface area contributed by atoms with Crippen LogP contribution in [0.4, 0.5) is 11.6 Å². The number of hydrogen-bond acceptors (Lipinski definition) is 10. The normalized spacial score (nSPS) is 11.3. The van der Waals surface area contributed by atoms with E-state index in [9.17, 15) is 0 Å². The molecule has 0 fully saturated rings. The molecule has 0 spiro atoms. The van der Waals surface area contributed by atoms with Crippen molar-refractivity contribution in [3.63, 3.8) is 0 Å². The van der Waals surface area contributed by atoms with Crippen LogP contribution in [-0.4, -0.2) is 49.9 Å². The van der Waals surface area contributed by atoms with Gasteiger partial charge in [-0.15, -0.1) is 9.89 Å². The number of fused-ring (bicyclic) bond motifs is 2. The van der Waals surface area contributed by atoms with Gasteiger partial charge in [0.25, 0.3) is 0 Å². The number of nitrogens with zero attached hydrogens (tertiary/aromatic N) is 9. The SMILES string of the molecule is Nc1ncnc2c1nnn2-n1cnc2c(NO)ncnc21. The van der Waals surface area contributed by atoms with Crippen LogP contribution >= 0.6 is 0 Å². The molecule has 0 aliphatic carbocycles. The maximum absolute atomic E-state index is 9.02. The summed E-state index contributed by atoms with van der Waals surface area (Å²) in [7, 11) is 0. The zero-order chi connectivity index (χ0) is 14.4. The molecular formula is C9H7N11O. The highest BCUT2D eigenvalue weighted by atomic mass is 16.5. The second kappa shape index (κ2) is 4.04. The fraction of sp³-hybridized carbons (Fsp3) is 0. The second-order valence-electron chi connectivity index (χ2n) is 4.01. The van der Waals surface area contributed by atoms with Gasteiger partial charge in [-0.3, -0.25) is 10.7 Å². The van der Waals surface area contributed by atoms with Crippen LogP contribution in [0.5, 0.6) is 0 Å². The lowest BCUT2D eigenvalue weighted by Gasteiger charge is -2.03. The van der Waals surface area contributed by atoms with Crippen molar-refractivity contribution >= 4 is 34.0 Å².